The molecule has 6 nitrogen and oxygen atoms in total. The highest BCUT2D eigenvalue weighted by Gasteiger charge is 2.10. The second-order valence-electron chi connectivity index (χ2n) is 5.47. The van der Waals surface area contributed by atoms with Crippen LogP contribution in [0, 0.1) is 0 Å². The van der Waals surface area contributed by atoms with E-state index in [2.05, 4.69) is 20.6 Å². The summed E-state index contributed by atoms with van der Waals surface area (Å²) in [5, 5.41) is 17.2. The van der Waals surface area contributed by atoms with Gasteiger partial charge in [-0.1, -0.05) is 12.1 Å². The van der Waals surface area contributed by atoms with Crippen molar-refractivity contribution in [1.29, 1.82) is 0 Å². The summed E-state index contributed by atoms with van der Waals surface area (Å²) < 4.78 is 0. The van der Waals surface area contributed by atoms with Gasteiger partial charge in [-0.15, -0.1) is 11.3 Å². The quantitative estimate of drug-likeness (QED) is 0.654. The zero-order valence-corrected chi connectivity index (χ0v) is 14.7. The third-order valence-electron chi connectivity index (χ3n) is 3.62. The lowest BCUT2D eigenvalue weighted by Crippen LogP contribution is -2.16. The van der Waals surface area contributed by atoms with Crippen LogP contribution in [0.2, 0.25) is 0 Å². The van der Waals surface area contributed by atoms with Crippen LogP contribution in [0.3, 0.4) is 0 Å². The lowest BCUT2D eigenvalue weighted by Gasteiger charge is -2.09. The first kappa shape index (κ1) is 17.1. The molecule has 0 saturated heterocycles. The first-order valence-corrected chi connectivity index (χ1v) is 8.64. The first-order chi connectivity index (χ1) is 12.1. The number of aromatic nitrogens is 2. The van der Waals surface area contributed by atoms with E-state index in [1.54, 1.807) is 31.6 Å². The van der Waals surface area contributed by atoms with Gasteiger partial charge in [0, 0.05) is 24.3 Å². The van der Waals surface area contributed by atoms with Gasteiger partial charge in [-0.3, -0.25) is 4.79 Å². The van der Waals surface area contributed by atoms with E-state index in [0.717, 1.165) is 21.8 Å². The Balaban J connectivity index is 1.83. The zero-order valence-electron chi connectivity index (χ0n) is 13.9. The van der Waals surface area contributed by atoms with Crippen molar-refractivity contribution in [2.75, 3.05) is 12.4 Å². The van der Waals surface area contributed by atoms with Crippen LogP contribution in [0.15, 0.2) is 48.0 Å². The average molecular weight is 354 g/mol. The molecule has 3 rings (SSSR count). The highest BCUT2D eigenvalue weighted by Crippen LogP contribution is 2.27. The van der Waals surface area contributed by atoms with Crippen molar-refractivity contribution in [3.8, 4) is 10.6 Å². The van der Waals surface area contributed by atoms with Gasteiger partial charge >= 0.3 is 0 Å². The van der Waals surface area contributed by atoms with Crippen molar-refractivity contribution in [3.05, 3.63) is 59.1 Å². The number of aliphatic hydroxyl groups excluding tert-OH is 1. The van der Waals surface area contributed by atoms with E-state index in [1.807, 2.05) is 30.3 Å². The Morgan fingerprint density at radius 3 is 2.88 bits per heavy atom. The fourth-order valence-electron chi connectivity index (χ4n) is 2.30. The molecule has 1 unspecified atom stereocenters. The van der Waals surface area contributed by atoms with Crippen molar-refractivity contribution in [1.82, 2.24) is 15.3 Å². The molecule has 0 aliphatic rings. The predicted molar refractivity (Wildman–Crippen MR) is 99.1 cm³/mol. The van der Waals surface area contributed by atoms with E-state index < -0.39 is 6.10 Å². The largest absolute Gasteiger partial charge is 0.389 e. The van der Waals surface area contributed by atoms with Crippen molar-refractivity contribution in [2.45, 2.75) is 13.0 Å². The Labute approximate surface area is 149 Å². The van der Waals surface area contributed by atoms with E-state index in [4.69, 9.17) is 0 Å². The molecule has 3 aromatic rings. The molecule has 0 aliphatic carbocycles. The van der Waals surface area contributed by atoms with Gasteiger partial charge in [0.25, 0.3) is 5.91 Å². The number of rotatable bonds is 5. The number of carbonyl (C=O) groups excluding carboxylic acids is 1. The third-order valence-corrected chi connectivity index (χ3v) is 4.57. The van der Waals surface area contributed by atoms with Crippen LogP contribution >= 0.6 is 11.3 Å². The number of aliphatic hydroxyl groups is 1. The molecule has 0 fully saturated rings. The number of benzene rings is 1. The third kappa shape index (κ3) is 4.01. The summed E-state index contributed by atoms with van der Waals surface area (Å²) in [4.78, 5) is 21.3. The van der Waals surface area contributed by atoms with Gasteiger partial charge in [-0.2, -0.15) is 0 Å². The van der Waals surface area contributed by atoms with Crippen LogP contribution in [0.4, 0.5) is 11.6 Å². The van der Waals surface area contributed by atoms with E-state index in [-0.39, 0.29) is 5.91 Å². The van der Waals surface area contributed by atoms with Gasteiger partial charge in [0.15, 0.2) is 0 Å². The van der Waals surface area contributed by atoms with Crippen LogP contribution in [-0.4, -0.2) is 28.0 Å². The monoisotopic (exact) mass is 354 g/mol. The SMILES string of the molecule is CNC(=O)c1csc(-c2ccnc(Nc3cccc(C(C)O)c3)n2)c1. The van der Waals surface area contributed by atoms with Crippen LogP contribution < -0.4 is 10.6 Å². The van der Waals surface area contributed by atoms with Crippen molar-refractivity contribution in [2.24, 2.45) is 0 Å². The molecule has 0 radical (unpaired) electrons. The Hall–Kier alpha value is -2.77. The lowest BCUT2D eigenvalue weighted by molar-refractivity contribution is 0.0963. The average Bonchev–Trinajstić information content (AvgIpc) is 3.11. The Morgan fingerprint density at radius 2 is 2.12 bits per heavy atom. The molecule has 0 saturated carbocycles. The van der Waals surface area contributed by atoms with Gasteiger partial charge in [0.2, 0.25) is 5.95 Å². The molecule has 0 aliphatic heterocycles. The minimum absolute atomic E-state index is 0.121. The molecule has 2 heterocycles. The number of nitrogens with zero attached hydrogens (tertiary/aromatic N) is 2. The topological polar surface area (TPSA) is 87.1 Å². The van der Waals surface area contributed by atoms with Crippen LogP contribution in [0.1, 0.15) is 28.9 Å². The fraction of sp³-hybridized carbons (Fsp3) is 0.167. The van der Waals surface area contributed by atoms with Gasteiger partial charge in [0.05, 0.1) is 22.2 Å². The van der Waals surface area contributed by atoms with Crippen molar-refractivity contribution < 1.29 is 9.90 Å². The van der Waals surface area contributed by atoms with Crippen LogP contribution in [0.25, 0.3) is 10.6 Å². The Bertz CT molecular complexity index is 892. The molecular formula is C18H18N4O2S. The van der Waals surface area contributed by atoms with Gasteiger partial charge < -0.3 is 15.7 Å². The van der Waals surface area contributed by atoms with Crippen LogP contribution in [0.5, 0.6) is 0 Å². The highest BCUT2D eigenvalue weighted by atomic mass is 32.1. The minimum atomic E-state index is -0.539. The number of thiophene rings is 1. The second kappa shape index (κ2) is 7.42. The van der Waals surface area contributed by atoms with Crippen LogP contribution in [-0.2, 0) is 0 Å². The maximum Gasteiger partial charge on any atom is 0.251 e. The molecule has 0 bridgehead atoms. The molecule has 7 heteroatoms. The molecule has 3 N–H and O–H groups in total. The maximum absolute atomic E-state index is 11.7. The Kier molecular flexibility index (Phi) is 5.06. The van der Waals surface area contributed by atoms with E-state index in [9.17, 15) is 9.90 Å². The standard InChI is InChI=1S/C18H18N4O2S/c1-11(23)12-4-3-5-14(8-12)21-18-20-7-6-15(22-18)16-9-13(10-25-16)17(24)19-2/h3-11,23H,1-2H3,(H,19,24)(H,20,21,22). The Morgan fingerprint density at radius 1 is 1.28 bits per heavy atom. The summed E-state index contributed by atoms with van der Waals surface area (Å²) in [6.07, 6.45) is 1.13. The number of carbonyl (C=O) groups is 1. The van der Waals surface area contributed by atoms with Crippen molar-refractivity contribution in [3.63, 3.8) is 0 Å². The number of amides is 1. The van der Waals surface area contributed by atoms with E-state index in [1.165, 1.54) is 11.3 Å². The molecule has 1 amide bonds. The summed E-state index contributed by atoms with van der Waals surface area (Å²) >= 11 is 1.46. The highest BCUT2D eigenvalue weighted by molar-refractivity contribution is 7.13. The van der Waals surface area contributed by atoms with Gasteiger partial charge in [-0.05, 0) is 36.8 Å². The zero-order chi connectivity index (χ0) is 17.8. The fourth-order valence-corrected chi connectivity index (χ4v) is 3.15. The molecule has 1 atom stereocenters. The molecule has 2 aromatic heterocycles. The lowest BCUT2D eigenvalue weighted by atomic mass is 10.1. The summed E-state index contributed by atoms with van der Waals surface area (Å²) in [7, 11) is 1.60. The first-order valence-electron chi connectivity index (χ1n) is 7.76. The number of anilines is 2. The van der Waals surface area contributed by atoms with E-state index in [0.29, 0.717) is 11.5 Å². The molecular weight excluding hydrogens is 336 g/mol. The second-order valence-corrected chi connectivity index (χ2v) is 6.38. The summed E-state index contributed by atoms with van der Waals surface area (Å²) in [6.45, 7) is 1.72. The predicted octanol–water partition coefficient (Wildman–Crippen LogP) is 3.36. The number of nitrogens with one attached hydrogen (secondary N) is 2. The number of hydrogen-bond acceptors (Lipinski definition) is 6. The smallest absolute Gasteiger partial charge is 0.251 e. The minimum Gasteiger partial charge on any atom is -0.389 e. The molecule has 1 aromatic carbocycles. The van der Waals surface area contributed by atoms with Crippen molar-refractivity contribution >= 4 is 28.9 Å². The maximum atomic E-state index is 11.7. The van der Waals surface area contributed by atoms with Gasteiger partial charge in [0.1, 0.15) is 0 Å². The summed E-state index contributed by atoms with van der Waals surface area (Å²) in [6, 6.07) is 11.1. The van der Waals surface area contributed by atoms with Gasteiger partial charge in [-0.25, -0.2) is 9.97 Å². The molecule has 0 spiro atoms. The number of hydrogen-bond donors (Lipinski definition) is 3. The normalized spacial score (nSPS) is 11.8. The summed E-state index contributed by atoms with van der Waals surface area (Å²) in [5.41, 5.74) is 2.96. The molecule has 25 heavy (non-hydrogen) atoms. The molecule has 128 valence electrons. The summed E-state index contributed by atoms with van der Waals surface area (Å²) in [5.74, 6) is 0.333. The van der Waals surface area contributed by atoms with E-state index >= 15 is 0 Å².